The molecule has 0 saturated carbocycles. The van der Waals surface area contributed by atoms with Crippen LogP contribution in [0.25, 0.3) is 0 Å². The van der Waals surface area contributed by atoms with E-state index in [0.717, 1.165) is 0 Å². The molecule has 3 nitrogen and oxygen atoms in total. The first kappa shape index (κ1) is 13.3. The lowest BCUT2D eigenvalue weighted by Gasteiger charge is -2.21. The fourth-order valence-corrected chi connectivity index (χ4v) is 1.86. The molecular formula is C15H12ClNO2. The smallest absolute Gasteiger partial charge is 0.242 e. The third-order valence-corrected chi connectivity index (χ3v) is 2.86. The summed E-state index contributed by atoms with van der Waals surface area (Å²) in [6, 6.07) is 10.8. The predicted molar refractivity (Wildman–Crippen MR) is 75.0 cm³/mol. The monoisotopic (exact) mass is 273 g/mol. The summed E-state index contributed by atoms with van der Waals surface area (Å²) in [6.45, 7) is 0.326. The van der Waals surface area contributed by atoms with Crippen molar-refractivity contribution >= 4 is 23.2 Å². The summed E-state index contributed by atoms with van der Waals surface area (Å²) in [5, 5.41) is 0. The molecule has 0 N–H and O–H groups in total. The summed E-state index contributed by atoms with van der Waals surface area (Å²) in [6.07, 6.45) is 6.93. The Morgan fingerprint density at radius 3 is 2.84 bits per heavy atom. The molecular weight excluding hydrogens is 262 g/mol. The maximum Gasteiger partial charge on any atom is 0.242 e. The Labute approximate surface area is 116 Å². The number of hydrogen-bond donors (Lipinski definition) is 0. The Bertz CT molecular complexity index is 599. The third-order valence-electron chi connectivity index (χ3n) is 2.63. The molecule has 1 aromatic heterocycles. The van der Waals surface area contributed by atoms with Crippen LogP contribution in [0.1, 0.15) is 11.3 Å². The van der Waals surface area contributed by atoms with Crippen molar-refractivity contribution in [2.24, 2.45) is 0 Å². The molecule has 0 radical (unpaired) electrons. The van der Waals surface area contributed by atoms with E-state index in [1.165, 1.54) is 0 Å². The zero-order valence-corrected chi connectivity index (χ0v) is 10.9. The van der Waals surface area contributed by atoms with E-state index in [1.807, 2.05) is 6.07 Å². The van der Waals surface area contributed by atoms with Gasteiger partial charge in [-0.05, 0) is 30.3 Å². The molecule has 0 aliphatic heterocycles. The summed E-state index contributed by atoms with van der Waals surface area (Å²) in [5.74, 6) is 2.93. The molecule has 0 atom stereocenters. The van der Waals surface area contributed by atoms with Gasteiger partial charge in [0.2, 0.25) is 5.91 Å². The van der Waals surface area contributed by atoms with Crippen LogP contribution in [0.3, 0.4) is 0 Å². The van der Waals surface area contributed by atoms with Gasteiger partial charge in [-0.1, -0.05) is 12.0 Å². The maximum absolute atomic E-state index is 11.9. The fraction of sp³-hybridized carbons (Fsp3) is 0.133. The predicted octanol–water partition coefficient (Wildman–Crippen LogP) is 3.03. The molecule has 96 valence electrons. The van der Waals surface area contributed by atoms with Crippen molar-refractivity contribution in [1.29, 1.82) is 0 Å². The van der Waals surface area contributed by atoms with Crippen molar-refractivity contribution in [2.75, 3.05) is 10.8 Å². The van der Waals surface area contributed by atoms with Crippen molar-refractivity contribution in [2.45, 2.75) is 6.54 Å². The van der Waals surface area contributed by atoms with Gasteiger partial charge in [0, 0.05) is 11.3 Å². The number of hydrogen-bond acceptors (Lipinski definition) is 2. The number of furan rings is 1. The Hall–Kier alpha value is -2.18. The van der Waals surface area contributed by atoms with Crippen molar-refractivity contribution < 1.29 is 9.21 Å². The lowest BCUT2D eigenvalue weighted by Crippen LogP contribution is -2.31. The molecule has 2 aromatic rings. The largest absolute Gasteiger partial charge is 0.467 e. The normalized spacial score (nSPS) is 9.89. The number of alkyl halides is 1. The molecule has 0 unspecified atom stereocenters. The number of benzene rings is 1. The van der Waals surface area contributed by atoms with E-state index in [9.17, 15) is 4.79 Å². The van der Waals surface area contributed by atoms with E-state index in [4.69, 9.17) is 22.4 Å². The summed E-state index contributed by atoms with van der Waals surface area (Å²) < 4.78 is 5.26. The number of carbonyl (C=O) groups is 1. The topological polar surface area (TPSA) is 33.5 Å². The lowest BCUT2D eigenvalue weighted by molar-refractivity contribution is -0.116. The number of rotatable bonds is 4. The first-order valence-electron chi connectivity index (χ1n) is 5.70. The van der Waals surface area contributed by atoms with Crippen LogP contribution < -0.4 is 4.90 Å². The van der Waals surface area contributed by atoms with Crippen LogP contribution in [0.4, 0.5) is 5.69 Å². The molecule has 19 heavy (non-hydrogen) atoms. The Morgan fingerprint density at radius 1 is 1.37 bits per heavy atom. The summed E-state index contributed by atoms with van der Waals surface area (Å²) >= 11 is 5.65. The highest BCUT2D eigenvalue weighted by molar-refractivity contribution is 6.29. The fourth-order valence-electron chi connectivity index (χ4n) is 1.72. The number of halogens is 1. The summed E-state index contributed by atoms with van der Waals surface area (Å²) in [5.41, 5.74) is 1.42. The van der Waals surface area contributed by atoms with E-state index < -0.39 is 0 Å². The van der Waals surface area contributed by atoms with Gasteiger partial charge in [-0.25, -0.2) is 0 Å². The molecule has 4 heteroatoms. The molecule has 1 aromatic carbocycles. The second kappa shape index (κ2) is 6.12. The van der Waals surface area contributed by atoms with Crippen molar-refractivity contribution in [3.8, 4) is 12.3 Å². The Kier molecular flexibility index (Phi) is 4.27. The minimum atomic E-state index is -0.202. The van der Waals surface area contributed by atoms with Crippen molar-refractivity contribution in [1.82, 2.24) is 0 Å². The molecule has 1 heterocycles. The molecule has 0 aliphatic rings. The van der Waals surface area contributed by atoms with E-state index in [-0.39, 0.29) is 11.8 Å². The van der Waals surface area contributed by atoms with Gasteiger partial charge in [-0.3, -0.25) is 4.79 Å². The molecule has 0 aliphatic carbocycles. The van der Waals surface area contributed by atoms with E-state index in [2.05, 4.69) is 5.92 Å². The van der Waals surface area contributed by atoms with Crippen LogP contribution in [0.15, 0.2) is 47.1 Å². The number of nitrogens with zero attached hydrogens (tertiary/aromatic N) is 1. The minimum absolute atomic E-state index is 0.0962. The van der Waals surface area contributed by atoms with E-state index in [0.29, 0.717) is 23.6 Å². The van der Waals surface area contributed by atoms with Crippen LogP contribution in [0.5, 0.6) is 0 Å². The first-order chi connectivity index (χ1) is 9.24. The summed E-state index contributed by atoms with van der Waals surface area (Å²) in [4.78, 5) is 13.5. The van der Waals surface area contributed by atoms with Gasteiger partial charge in [0.25, 0.3) is 0 Å². The van der Waals surface area contributed by atoms with Crippen LogP contribution in [0.2, 0.25) is 0 Å². The zero-order valence-electron chi connectivity index (χ0n) is 10.2. The number of anilines is 1. The van der Waals surface area contributed by atoms with Crippen molar-refractivity contribution in [3.05, 3.63) is 54.0 Å². The van der Waals surface area contributed by atoms with Gasteiger partial charge in [0.1, 0.15) is 11.6 Å². The molecule has 0 bridgehead atoms. The molecule has 0 saturated heterocycles. The van der Waals surface area contributed by atoms with E-state index in [1.54, 1.807) is 41.5 Å². The average molecular weight is 274 g/mol. The lowest BCUT2D eigenvalue weighted by atomic mass is 10.2. The number of amides is 1. The highest BCUT2D eigenvalue weighted by atomic mass is 35.5. The van der Waals surface area contributed by atoms with Gasteiger partial charge in [0.15, 0.2) is 0 Å². The molecule has 0 spiro atoms. The maximum atomic E-state index is 11.9. The van der Waals surface area contributed by atoms with Gasteiger partial charge in [-0.15, -0.1) is 18.0 Å². The minimum Gasteiger partial charge on any atom is -0.467 e. The van der Waals surface area contributed by atoms with Crippen LogP contribution in [-0.2, 0) is 11.3 Å². The first-order valence-corrected chi connectivity index (χ1v) is 6.23. The van der Waals surface area contributed by atoms with Crippen LogP contribution in [0, 0.1) is 12.3 Å². The van der Waals surface area contributed by atoms with Gasteiger partial charge >= 0.3 is 0 Å². The number of terminal acetylenes is 1. The average Bonchev–Trinajstić information content (AvgIpc) is 2.97. The zero-order chi connectivity index (χ0) is 13.7. The Morgan fingerprint density at radius 2 is 2.21 bits per heavy atom. The van der Waals surface area contributed by atoms with Gasteiger partial charge in [0.05, 0.1) is 12.8 Å². The van der Waals surface area contributed by atoms with Gasteiger partial charge < -0.3 is 9.32 Å². The quantitative estimate of drug-likeness (QED) is 0.634. The van der Waals surface area contributed by atoms with E-state index >= 15 is 0 Å². The second-order valence-electron chi connectivity index (χ2n) is 3.89. The Balaban J connectivity index is 2.31. The standard InChI is InChI=1S/C15H12ClNO2/c1-2-12-5-3-6-13(9-12)17(15(18)10-16)11-14-7-4-8-19-14/h1,3-9H,10-11H2. The molecule has 1 amide bonds. The SMILES string of the molecule is C#Cc1cccc(N(Cc2ccco2)C(=O)CCl)c1. The van der Waals surface area contributed by atoms with Gasteiger partial charge in [-0.2, -0.15) is 0 Å². The third kappa shape index (κ3) is 3.18. The number of carbonyl (C=O) groups excluding carboxylic acids is 1. The molecule has 2 rings (SSSR count). The molecule has 0 fully saturated rings. The van der Waals surface area contributed by atoms with Crippen molar-refractivity contribution in [3.63, 3.8) is 0 Å². The second-order valence-corrected chi connectivity index (χ2v) is 4.15. The highest BCUT2D eigenvalue weighted by Gasteiger charge is 2.16. The van der Waals surface area contributed by atoms with Crippen LogP contribution >= 0.6 is 11.6 Å². The van der Waals surface area contributed by atoms with Crippen LogP contribution in [-0.4, -0.2) is 11.8 Å². The highest BCUT2D eigenvalue weighted by Crippen LogP contribution is 2.19. The summed E-state index contributed by atoms with van der Waals surface area (Å²) in [7, 11) is 0.